The Morgan fingerprint density at radius 1 is 1.12 bits per heavy atom. The van der Waals surface area contributed by atoms with E-state index in [-0.39, 0.29) is 6.10 Å². The van der Waals surface area contributed by atoms with Gasteiger partial charge in [0.1, 0.15) is 11.9 Å². The van der Waals surface area contributed by atoms with Gasteiger partial charge in [-0.2, -0.15) is 4.98 Å². The number of nitrogens with zero attached hydrogens (tertiary/aromatic N) is 2. The predicted molar refractivity (Wildman–Crippen MR) is 93.8 cm³/mol. The largest absolute Gasteiger partial charge is 0.497 e. The lowest BCUT2D eigenvalue weighted by Gasteiger charge is -2.09. The van der Waals surface area contributed by atoms with Gasteiger partial charge < -0.3 is 19.7 Å². The van der Waals surface area contributed by atoms with Crippen LogP contribution < -0.4 is 10.5 Å². The van der Waals surface area contributed by atoms with Crippen LogP contribution in [0.5, 0.6) is 5.75 Å². The van der Waals surface area contributed by atoms with Gasteiger partial charge in [-0.25, -0.2) is 0 Å². The van der Waals surface area contributed by atoms with Crippen molar-refractivity contribution in [1.82, 2.24) is 10.1 Å². The second-order valence-corrected chi connectivity index (χ2v) is 5.66. The van der Waals surface area contributed by atoms with Crippen LogP contribution in [0.25, 0.3) is 11.4 Å². The van der Waals surface area contributed by atoms with Crippen LogP contribution in [0.1, 0.15) is 30.0 Å². The molecule has 3 aromatic rings. The summed E-state index contributed by atoms with van der Waals surface area (Å²) in [5.41, 5.74) is 8.56. The summed E-state index contributed by atoms with van der Waals surface area (Å²) in [6.45, 7) is 2.82. The third kappa shape index (κ3) is 4.23. The van der Waals surface area contributed by atoms with Gasteiger partial charge in [0, 0.05) is 12.1 Å². The zero-order valence-electron chi connectivity index (χ0n) is 14.3. The number of rotatable bonds is 7. The van der Waals surface area contributed by atoms with Gasteiger partial charge in [-0.15, -0.1) is 0 Å². The number of benzene rings is 2. The van der Waals surface area contributed by atoms with Crippen molar-refractivity contribution in [3.8, 4) is 17.1 Å². The van der Waals surface area contributed by atoms with Crippen molar-refractivity contribution in [1.29, 1.82) is 0 Å². The average molecular weight is 339 g/mol. The molecule has 3 rings (SSSR count). The molecular formula is C19H21N3O3. The standard InChI is InChI=1S/C19H21N3O3/c1-13(24-12-15-4-3-5-17(10-15)23-2)19-21-18(22-25-19)16-8-6-14(11-20)7-9-16/h3-10,13H,11-12,20H2,1-2H3. The summed E-state index contributed by atoms with van der Waals surface area (Å²) in [5, 5.41) is 4.03. The van der Waals surface area contributed by atoms with E-state index in [1.807, 2.05) is 55.5 Å². The molecule has 1 aromatic heterocycles. The molecule has 0 aliphatic rings. The molecule has 0 radical (unpaired) electrons. The molecule has 0 saturated carbocycles. The second kappa shape index (κ2) is 7.92. The van der Waals surface area contributed by atoms with Gasteiger partial charge in [0.2, 0.25) is 5.82 Å². The fraction of sp³-hybridized carbons (Fsp3) is 0.263. The van der Waals surface area contributed by atoms with Crippen molar-refractivity contribution in [3.63, 3.8) is 0 Å². The number of hydrogen-bond donors (Lipinski definition) is 1. The number of nitrogens with two attached hydrogens (primary N) is 1. The summed E-state index contributed by atoms with van der Waals surface area (Å²) in [4.78, 5) is 4.42. The van der Waals surface area contributed by atoms with Crippen LogP contribution in [0.15, 0.2) is 53.1 Å². The van der Waals surface area contributed by atoms with Crippen LogP contribution in [0.2, 0.25) is 0 Å². The van der Waals surface area contributed by atoms with E-state index in [1.54, 1.807) is 7.11 Å². The Morgan fingerprint density at radius 3 is 2.64 bits per heavy atom. The fourth-order valence-electron chi connectivity index (χ4n) is 2.36. The Hall–Kier alpha value is -2.70. The molecule has 1 unspecified atom stereocenters. The first-order chi connectivity index (χ1) is 12.2. The van der Waals surface area contributed by atoms with Crippen LogP contribution in [-0.2, 0) is 17.9 Å². The van der Waals surface area contributed by atoms with Crippen LogP contribution >= 0.6 is 0 Å². The summed E-state index contributed by atoms with van der Waals surface area (Å²) in [5.74, 6) is 1.78. The third-order valence-corrected chi connectivity index (χ3v) is 3.87. The molecule has 0 fully saturated rings. The van der Waals surface area contributed by atoms with Crippen molar-refractivity contribution in [2.45, 2.75) is 26.2 Å². The quantitative estimate of drug-likeness (QED) is 0.709. The molecule has 25 heavy (non-hydrogen) atoms. The number of ether oxygens (including phenoxy) is 2. The monoisotopic (exact) mass is 339 g/mol. The summed E-state index contributed by atoms with van der Waals surface area (Å²) in [7, 11) is 1.64. The van der Waals surface area contributed by atoms with E-state index in [0.717, 1.165) is 22.4 Å². The summed E-state index contributed by atoms with van der Waals surface area (Å²) in [6, 6.07) is 15.5. The van der Waals surface area contributed by atoms with E-state index in [0.29, 0.717) is 24.9 Å². The maximum Gasteiger partial charge on any atom is 0.255 e. The molecule has 0 amide bonds. The van der Waals surface area contributed by atoms with Gasteiger partial charge in [0.05, 0.1) is 13.7 Å². The minimum Gasteiger partial charge on any atom is -0.497 e. The molecule has 6 nitrogen and oxygen atoms in total. The Labute approximate surface area is 146 Å². The molecule has 0 spiro atoms. The molecular weight excluding hydrogens is 318 g/mol. The maximum atomic E-state index is 5.83. The highest BCUT2D eigenvalue weighted by Crippen LogP contribution is 2.22. The van der Waals surface area contributed by atoms with Gasteiger partial charge in [-0.3, -0.25) is 0 Å². The first kappa shape index (κ1) is 17.1. The van der Waals surface area contributed by atoms with Gasteiger partial charge in [-0.05, 0) is 30.2 Å². The smallest absolute Gasteiger partial charge is 0.255 e. The highest BCUT2D eigenvalue weighted by atomic mass is 16.5. The summed E-state index contributed by atoms with van der Waals surface area (Å²) in [6.07, 6.45) is -0.309. The van der Waals surface area contributed by atoms with Crippen molar-refractivity contribution in [2.75, 3.05) is 7.11 Å². The molecule has 0 aliphatic heterocycles. The Morgan fingerprint density at radius 2 is 1.92 bits per heavy atom. The van der Waals surface area contributed by atoms with Gasteiger partial charge in [0.15, 0.2) is 0 Å². The molecule has 2 N–H and O–H groups in total. The Balaban J connectivity index is 1.64. The SMILES string of the molecule is COc1cccc(COC(C)c2nc(-c3ccc(CN)cc3)no2)c1. The van der Waals surface area contributed by atoms with Crippen molar-refractivity contribution >= 4 is 0 Å². The van der Waals surface area contributed by atoms with Crippen LogP contribution in [0.4, 0.5) is 0 Å². The third-order valence-electron chi connectivity index (χ3n) is 3.87. The topological polar surface area (TPSA) is 83.4 Å². The zero-order chi connectivity index (χ0) is 17.6. The van der Waals surface area contributed by atoms with Crippen molar-refractivity contribution in [3.05, 3.63) is 65.5 Å². The fourth-order valence-corrected chi connectivity index (χ4v) is 2.36. The molecule has 0 bridgehead atoms. The van der Waals surface area contributed by atoms with E-state index in [2.05, 4.69) is 10.1 Å². The lowest BCUT2D eigenvalue weighted by molar-refractivity contribution is 0.0307. The van der Waals surface area contributed by atoms with Gasteiger partial charge in [0.25, 0.3) is 5.89 Å². The van der Waals surface area contributed by atoms with Gasteiger partial charge in [-0.1, -0.05) is 41.6 Å². The first-order valence-electron chi connectivity index (χ1n) is 8.07. The summed E-state index contributed by atoms with van der Waals surface area (Å²) >= 11 is 0. The summed E-state index contributed by atoms with van der Waals surface area (Å²) < 4.78 is 16.4. The molecule has 1 atom stereocenters. The lowest BCUT2D eigenvalue weighted by atomic mass is 10.1. The van der Waals surface area contributed by atoms with Crippen molar-refractivity contribution in [2.24, 2.45) is 5.73 Å². The van der Waals surface area contributed by atoms with E-state index in [1.165, 1.54) is 0 Å². The minimum atomic E-state index is -0.309. The predicted octanol–water partition coefficient (Wildman–Crippen LogP) is 3.48. The molecule has 1 heterocycles. The first-order valence-corrected chi connectivity index (χ1v) is 8.07. The van der Waals surface area contributed by atoms with Crippen LogP contribution in [0, 0.1) is 0 Å². The van der Waals surface area contributed by atoms with E-state index < -0.39 is 0 Å². The Kier molecular flexibility index (Phi) is 5.42. The highest BCUT2D eigenvalue weighted by molar-refractivity contribution is 5.54. The maximum absolute atomic E-state index is 5.83. The van der Waals surface area contributed by atoms with Crippen LogP contribution in [0.3, 0.4) is 0 Å². The second-order valence-electron chi connectivity index (χ2n) is 5.66. The molecule has 0 aliphatic carbocycles. The number of hydrogen-bond acceptors (Lipinski definition) is 6. The van der Waals surface area contributed by atoms with Crippen molar-refractivity contribution < 1.29 is 14.0 Å². The van der Waals surface area contributed by atoms with Gasteiger partial charge >= 0.3 is 0 Å². The number of aromatic nitrogens is 2. The normalized spacial score (nSPS) is 12.1. The molecule has 0 saturated heterocycles. The Bertz CT molecular complexity index is 815. The lowest BCUT2D eigenvalue weighted by Crippen LogP contribution is -2.01. The van der Waals surface area contributed by atoms with Crippen LogP contribution in [-0.4, -0.2) is 17.3 Å². The molecule has 2 aromatic carbocycles. The highest BCUT2D eigenvalue weighted by Gasteiger charge is 2.16. The molecule has 130 valence electrons. The number of methoxy groups -OCH3 is 1. The van der Waals surface area contributed by atoms with E-state index in [9.17, 15) is 0 Å². The zero-order valence-corrected chi connectivity index (χ0v) is 14.3. The average Bonchev–Trinajstić information content (AvgIpc) is 3.16. The molecule has 6 heteroatoms. The van der Waals surface area contributed by atoms with E-state index >= 15 is 0 Å². The minimum absolute atomic E-state index is 0.309. The van der Waals surface area contributed by atoms with E-state index in [4.69, 9.17) is 19.7 Å².